The minimum atomic E-state index is -4.38. The number of aliphatic carboxylic acids is 1. The van der Waals surface area contributed by atoms with Gasteiger partial charge < -0.3 is 5.11 Å². The molecule has 0 amide bonds. The molecule has 2 unspecified atom stereocenters. The number of carboxylic acid groups (broad SMARTS) is 1. The highest BCUT2D eigenvalue weighted by Crippen LogP contribution is 2.26. The van der Waals surface area contributed by atoms with Gasteiger partial charge in [-0.15, -0.1) is 0 Å². The fraction of sp³-hybridized carbons (Fsp3) is 0.909. The summed E-state index contributed by atoms with van der Waals surface area (Å²) in [6.45, 7) is 0. The molecule has 5 nitrogen and oxygen atoms in total. The molecule has 2 atom stereocenters. The number of carboxylic acids is 1. The van der Waals surface area contributed by atoms with Crippen molar-refractivity contribution < 1.29 is 31.5 Å². The maximum absolute atomic E-state index is 12.0. The van der Waals surface area contributed by atoms with E-state index in [4.69, 9.17) is 5.11 Å². The van der Waals surface area contributed by atoms with Crippen LogP contribution >= 0.6 is 0 Å². The summed E-state index contributed by atoms with van der Waals surface area (Å²) in [6.07, 6.45) is -3.88. The molecule has 0 heterocycles. The van der Waals surface area contributed by atoms with Crippen molar-refractivity contribution in [2.75, 3.05) is 5.75 Å². The van der Waals surface area contributed by atoms with Crippen LogP contribution in [0.4, 0.5) is 13.2 Å². The van der Waals surface area contributed by atoms with Crippen molar-refractivity contribution in [3.8, 4) is 0 Å². The molecule has 20 heavy (non-hydrogen) atoms. The number of rotatable bonds is 6. The summed E-state index contributed by atoms with van der Waals surface area (Å²) in [7, 11) is -3.88. The third-order valence-electron chi connectivity index (χ3n) is 3.29. The molecule has 1 aliphatic carbocycles. The topological polar surface area (TPSA) is 83.5 Å². The second-order valence-electron chi connectivity index (χ2n) is 4.99. The lowest BCUT2D eigenvalue weighted by Crippen LogP contribution is -2.45. The molecule has 1 fully saturated rings. The van der Waals surface area contributed by atoms with Gasteiger partial charge in [0.15, 0.2) is 0 Å². The summed E-state index contributed by atoms with van der Waals surface area (Å²) in [5.74, 6) is -2.52. The zero-order chi connectivity index (χ0) is 15.4. The Bertz CT molecular complexity index is 435. The van der Waals surface area contributed by atoms with Crippen LogP contribution in [0.25, 0.3) is 0 Å². The molecule has 0 bridgehead atoms. The number of nitrogens with one attached hydrogen (secondary N) is 1. The Kier molecular flexibility index (Phi) is 5.81. The molecule has 1 rings (SSSR count). The van der Waals surface area contributed by atoms with Gasteiger partial charge in [0.1, 0.15) is 0 Å². The van der Waals surface area contributed by atoms with Crippen LogP contribution in [-0.4, -0.2) is 37.5 Å². The lowest BCUT2D eigenvalue weighted by Gasteiger charge is -2.29. The standard InChI is InChI=1S/C11H18F3NO4S/c12-11(13,14)6-3-7-20(18,19)15-9-5-2-1-4-8(9)10(16)17/h8-9,15H,1-7H2,(H,16,17). The van der Waals surface area contributed by atoms with Crippen LogP contribution < -0.4 is 4.72 Å². The Morgan fingerprint density at radius 2 is 1.85 bits per heavy atom. The first-order valence-corrected chi connectivity index (χ1v) is 8.05. The van der Waals surface area contributed by atoms with Crippen molar-refractivity contribution in [1.82, 2.24) is 4.72 Å². The van der Waals surface area contributed by atoms with Crippen LogP contribution in [0.5, 0.6) is 0 Å². The Morgan fingerprint density at radius 3 is 2.40 bits per heavy atom. The Morgan fingerprint density at radius 1 is 1.25 bits per heavy atom. The largest absolute Gasteiger partial charge is 0.481 e. The smallest absolute Gasteiger partial charge is 0.389 e. The van der Waals surface area contributed by atoms with Gasteiger partial charge in [-0.1, -0.05) is 12.8 Å². The Balaban J connectivity index is 2.53. The zero-order valence-corrected chi connectivity index (χ0v) is 11.6. The molecule has 2 N–H and O–H groups in total. The van der Waals surface area contributed by atoms with Crippen molar-refractivity contribution >= 4 is 16.0 Å². The van der Waals surface area contributed by atoms with E-state index in [0.29, 0.717) is 25.7 Å². The van der Waals surface area contributed by atoms with Crippen molar-refractivity contribution in [3.63, 3.8) is 0 Å². The van der Waals surface area contributed by atoms with Crippen LogP contribution in [0.2, 0.25) is 0 Å². The van der Waals surface area contributed by atoms with Crippen LogP contribution in [0.3, 0.4) is 0 Å². The molecule has 118 valence electrons. The van der Waals surface area contributed by atoms with E-state index >= 15 is 0 Å². The van der Waals surface area contributed by atoms with Crippen molar-refractivity contribution in [3.05, 3.63) is 0 Å². The SMILES string of the molecule is O=C(O)C1CCCCC1NS(=O)(=O)CCCC(F)(F)F. The third-order valence-corrected chi connectivity index (χ3v) is 4.78. The highest BCUT2D eigenvalue weighted by atomic mass is 32.2. The molecule has 1 aliphatic rings. The van der Waals surface area contributed by atoms with E-state index in [2.05, 4.69) is 4.72 Å². The number of halogens is 3. The second kappa shape index (κ2) is 6.75. The highest BCUT2D eigenvalue weighted by Gasteiger charge is 2.34. The van der Waals surface area contributed by atoms with Gasteiger partial charge >= 0.3 is 12.1 Å². The van der Waals surface area contributed by atoms with Crippen LogP contribution in [0.1, 0.15) is 38.5 Å². The molecule has 0 radical (unpaired) electrons. The van der Waals surface area contributed by atoms with E-state index in [9.17, 15) is 26.4 Å². The average molecular weight is 317 g/mol. The van der Waals surface area contributed by atoms with E-state index in [1.165, 1.54) is 0 Å². The molecule has 0 spiro atoms. The maximum Gasteiger partial charge on any atom is 0.389 e. The molecule has 0 aromatic rings. The van der Waals surface area contributed by atoms with Gasteiger partial charge in [-0.05, 0) is 19.3 Å². The average Bonchev–Trinajstić information content (AvgIpc) is 2.26. The second-order valence-corrected chi connectivity index (χ2v) is 6.86. The molecular formula is C11H18F3NO4S. The molecule has 0 aliphatic heterocycles. The molecule has 0 aromatic carbocycles. The summed E-state index contributed by atoms with van der Waals surface area (Å²) in [4.78, 5) is 11.0. The van der Waals surface area contributed by atoms with Gasteiger partial charge in [0, 0.05) is 12.5 Å². The van der Waals surface area contributed by atoms with Crippen molar-refractivity contribution in [2.45, 2.75) is 50.7 Å². The van der Waals surface area contributed by atoms with Gasteiger partial charge in [0.05, 0.1) is 11.7 Å². The van der Waals surface area contributed by atoms with E-state index < -0.39 is 52.7 Å². The fourth-order valence-electron chi connectivity index (χ4n) is 2.32. The van der Waals surface area contributed by atoms with Crippen molar-refractivity contribution in [1.29, 1.82) is 0 Å². The Hall–Kier alpha value is -0.830. The number of sulfonamides is 1. The monoisotopic (exact) mass is 317 g/mol. The number of carbonyl (C=O) groups is 1. The fourth-order valence-corrected chi connectivity index (χ4v) is 3.71. The summed E-state index contributed by atoms with van der Waals surface area (Å²) >= 11 is 0. The molecule has 9 heteroatoms. The predicted molar refractivity (Wildman–Crippen MR) is 65.6 cm³/mol. The van der Waals surface area contributed by atoms with Gasteiger partial charge in [0.25, 0.3) is 0 Å². The van der Waals surface area contributed by atoms with E-state index in [1.807, 2.05) is 0 Å². The van der Waals surface area contributed by atoms with E-state index in [0.717, 1.165) is 0 Å². The van der Waals surface area contributed by atoms with E-state index in [1.54, 1.807) is 0 Å². The van der Waals surface area contributed by atoms with Crippen LogP contribution in [0.15, 0.2) is 0 Å². The summed E-state index contributed by atoms with van der Waals surface area (Å²) in [5, 5.41) is 9.00. The lowest BCUT2D eigenvalue weighted by molar-refractivity contribution is -0.143. The van der Waals surface area contributed by atoms with Crippen LogP contribution in [0, 0.1) is 5.92 Å². The van der Waals surface area contributed by atoms with Crippen LogP contribution in [-0.2, 0) is 14.8 Å². The molecular weight excluding hydrogens is 299 g/mol. The summed E-state index contributed by atoms with van der Waals surface area (Å²) in [6, 6.07) is -0.725. The summed E-state index contributed by atoms with van der Waals surface area (Å²) in [5.41, 5.74) is 0. The normalized spacial score (nSPS) is 24.6. The Labute approximate surface area is 115 Å². The first-order chi connectivity index (χ1) is 9.11. The first-order valence-electron chi connectivity index (χ1n) is 6.40. The number of hydrogen-bond donors (Lipinski definition) is 2. The number of alkyl halides is 3. The van der Waals surface area contributed by atoms with Gasteiger partial charge in [-0.3, -0.25) is 4.79 Å². The quantitative estimate of drug-likeness (QED) is 0.783. The maximum atomic E-state index is 12.0. The van der Waals surface area contributed by atoms with Gasteiger partial charge in [0.2, 0.25) is 10.0 Å². The first kappa shape index (κ1) is 17.2. The van der Waals surface area contributed by atoms with Gasteiger partial charge in [-0.25, -0.2) is 13.1 Å². The highest BCUT2D eigenvalue weighted by molar-refractivity contribution is 7.89. The van der Waals surface area contributed by atoms with Gasteiger partial charge in [-0.2, -0.15) is 13.2 Å². The zero-order valence-electron chi connectivity index (χ0n) is 10.8. The molecule has 0 aromatic heterocycles. The number of hydrogen-bond acceptors (Lipinski definition) is 3. The minimum absolute atomic E-state index is 0.380. The predicted octanol–water partition coefficient (Wildman–Crippen LogP) is 1.89. The summed E-state index contributed by atoms with van der Waals surface area (Å²) < 4.78 is 61.5. The molecule has 1 saturated carbocycles. The lowest BCUT2D eigenvalue weighted by atomic mass is 9.85. The molecule has 0 saturated heterocycles. The minimum Gasteiger partial charge on any atom is -0.481 e. The third kappa shape index (κ3) is 6.08. The van der Waals surface area contributed by atoms with E-state index in [-0.39, 0.29) is 0 Å². The van der Waals surface area contributed by atoms with Crippen molar-refractivity contribution in [2.24, 2.45) is 5.92 Å².